The highest BCUT2D eigenvalue weighted by molar-refractivity contribution is 7.89. The molecule has 0 aliphatic rings. The highest BCUT2D eigenvalue weighted by Gasteiger charge is 2.13. The molecule has 21 heavy (non-hydrogen) atoms. The maximum absolute atomic E-state index is 10.9. The number of fused-ring (bicyclic) bond motifs is 1. The highest BCUT2D eigenvalue weighted by Crippen LogP contribution is 2.30. The maximum atomic E-state index is 10.9. The molecule has 0 radical (unpaired) electrons. The summed E-state index contributed by atoms with van der Waals surface area (Å²) < 4.78 is 32.8. The SMILES string of the molecule is COc1cccc2cc(C(C)NCCCS(N)(=O)=O)oc12. The number of ether oxygens (including phenoxy) is 1. The Morgan fingerprint density at radius 1 is 1.43 bits per heavy atom. The molecule has 1 atom stereocenters. The summed E-state index contributed by atoms with van der Waals surface area (Å²) in [5.41, 5.74) is 0.716. The van der Waals surface area contributed by atoms with E-state index in [-0.39, 0.29) is 11.8 Å². The van der Waals surface area contributed by atoms with Gasteiger partial charge in [0.25, 0.3) is 0 Å². The first-order valence-electron chi connectivity index (χ1n) is 6.71. The number of benzene rings is 1. The number of sulfonamides is 1. The fourth-order valence-corrected chi connectivity index (χ4v) is 2.67. The lowest BCUT2D eigenvalue weighted by atomic mass is 10.2. The molecular formula is C14H20N2O4S. The van der Waals surface area contributed by atoms with Crippen LogP contribution in [0.3, 0.4) is 0 Å². The summed E-state index contributed by atoms with van der Waals surface area (Å²) >= 11 is 0. The van der Waals surface area contributed by atoms with Crippen molar-refractivity contribution in [2.24, 2.45) is 5.14 Å². The number of nitrogens with two attached hydrogens (primary N) is 1. The van der Waals surface area contributed by atoms with E-state index < -0.39 is 10.0 Å². The number of nitrogens with one attached hydrogen (secondary N) is 1. The van der Waals surface area contributed by atoms with Gasteiger partial charge in [-0.25, -0.2) is 13.6 Å². The molecule has 6 nitrogen and oxygen atoms in total. The summed E-state index contributed by atoms with van der Waals surface area (Å²) in [4.78, 5) is 0. The molecule has 1 heterocycles. The van der Waals surface area contributed by atoms with Crippen LogP contribution in [-0.2, 0) is 10.0 Å². The van der Waals surface area contributed by atoms with Gasteiger partial charge in [-0.1, -0.05) is 12.1 Å². The number of furan rings is 1. The quantitative estimate of drug-likeness (QED) is 0.760. The van der Waals surface area contributed by atoms with Crippen LogP contribution in [0.5, 0.6) is 5.75 Å². The first-order valence-corrected chi connectivity index (χ1v) is 8.42. The van der Waals surface area contributed by atoms with Crippen LogP contribution in [0, 0.1) is 0 Å². The summed E-state index contributed by atoms with van der Waals surface area (Å²) in [5.74, 6) is 1.45. The minimum absolute atomic E-state index is 0.0254. The van der Waals surface area contributed by atoms with Crippen LogP contribution in [0.4, 0.5) is 0 Å². The van der Waals surface area contributed by atoms with Gasteiger partial charge in [0.2, 0.25) is 10.0 Å². The zero-order valence-corrected chi connectivity index (χ0v) is 12.9. The fourth-order valence-electron chi connectivity index (χ4n) is 2.12. The van der Waals surface area contributed by atoms with Crippen LogP contribution in [0.2, 0.25) is 0 Å². The van der Waals surface area contributed by atoms with Gasteiger partial charge in [-0.2, -0.15) is 0 Å². The molecule has 0 aliphatic heterocycles. The standard InChI is InChI=1S/C14H20N2O4S/c1-10(16-7-4-8-21(15,17)18)13-9-11-5-3-6-12(19-2)14(11)20-13/h3,5-6,9-10,16H,4,7-8H2,1-2H3,(H2,15,17,18). The van der Waals surface area contributed by atoms with E-state index in [2.05, 4.69) is 5.32 Å². The Kier molecular flexibility index (Phi) is 4.87. The zero-order chi connectivity index (χ0) is 15.5. The van der Waals surface area contributed by atoms with Crippen molar-refractivity contribution in [2.45, 2.75) is 19.4 Å². The Hall–Kier alpha value is -1.57. The van der Waals surface area contributed by atoms with Gasteiger partial charge in [0, 0.05) is 5.39 Å². The van der Waals surface area contributed by atoms with Crippen molar-refractivity contribution in [3.63, 3.8) is 0 Å². The molecule has 1 unspecified atom stereocenters. The molecule has 0 spiro atoms. The van der Waals surface area contributed by atoms with Gasteiger partial charge >= 0.3 is 0 Å². The third-order valence-corrected chi connectivity index (χ3v) is 4.09. The third-order valence-electron chi connectivity index (χ3n) is 3.23. The normalized spacial score (nSPS) is 13.5. The highest BCUT2D eigenvalue weighted by atomic mass is 32.2. The number of hydrogen-bond donors (Lipinski definition) is 2. The lowest BCUT2D eigenvalue weighted by Gasteiger charge is -2.10. The van der Waals surface area contributed by atoms with E-state index >= 15 is 0 Å². The lowest BCUT2D eigenvalue weighted by molar-refractivity contribution is 0.400. The predicted octanol–water partition coefficient (Wildman–Crippen LogP) is 1.77. The first-order chi connectivity index (χ1) is 9.90. The molecule has 0 saturated heterocycles. The van der Waals surface area contributed by atoms with Gasteiger partial charge in [0.1, 0.15) is 5.76 Å². The molecule has 3 N–H and O–H groups in total. The molecule has 2 aromatic rings. The summed E-state index contributed by atoms with van der Waals surface area (Å²) in [6.07, 6.45) is 0.465. The van der Waals surface area contributed by atoms with Crippen molar-refractivity contribution in [3.05, 3.63) is 30.0 Å². The number of primary sulfonamides is 1. The Bertz CT molecular complexity index is 709. The molecule has 0 saturated carbocycles. The van der Waals surface area contributed by atoms with Crippen molar-refractivity contribution in [3.8, 4) is 5.75 Å². The molecule has 0 fully saturated rings. The van der Waals surface area contributed by atoms with E-state index in [0.717, 1.165) is 11.1 Å². The Labute approximate surface area is 124 Å². The summed E-state index contributed by atoms with van der Waals surface area (Å²) in [7, 11) is -1.79. The van der Waals surface area contributed by atoms with Crippen LogP contribution < -0.4 is 15.2 Å². The molecule has 0 amide bonds. The molecule has 0 bridgehead atoms. The molecule has 0 aliphatic carbocycles. The van der Waals surface area contributed by atoms with Gasteiger partial charge in [-0.15, -0.1) is 0 Å². The average Bonchev–Trinajstić information content (AvgIpc) is 2.86. The third kappa shape index (κ3) is 4.20. The number of methoxy groups -OCH3 is 1. The van der Waals surface area contributed by atoms with E-state index in [9.17, 15) is 8.42 Å². The van der Waals surface area contributed by atoms with Gasteiger partial charge in [0.05, 0.1) is 18.9 Å². The monoisotopic (exact) mass is 312 g/mol. The second kappa shape index (κ2) is 6.46. The Morgan fingerprint density at radius 3 is 2.86 bits per heavy atom. The Balaban J connectivity index is 2.01. The second-order valence-electron chi connectivity index (χ2n) is 4.92. The van der Waals surface area contributed by atoms with Crippen LogP contribution in [0.15, 0.2) is 28.7 Å². The smallest absolute Gasteiger partial charge is 0.209 e. The van der Waals surface area contributed by atoms with Gasteiger partial charge in [-0.05, 0) is 32.0 Å². The minimum atomic E-state index is -3.40. The van der Waals surface area contributed by atoms with Crippen molar-refractivity contribution >= 4 is 21.0 Å². The summed E-state index contributed by atoms with van der Waals surface area (Å²) in [6.45, 7) is 2.51. The van der Waals surface area contributed by atoms with Crippen LogP contribution in [0.25, 0.3) is 11.0 Å². The topological polar surface area (TPSA) is 94.6 Å². The maximum Gasteiger partial charge on any atom is 0.209 e. The average molecular weight is 312 g/mol. The van der Waals surface area contributed by atoms with E-state index in [0.29, 0.717) is 24.3 Å². The largest absolute Gasteiger partial charge is 0.493 e. The van der Waals surface area contributed by atoms with Crippen molar-refractivity contribution in [1.82, 2.24) is 5.32 Å². The van der Waals surface area contributed by atoms with E-state index in [1.54, 1.807) is 7.11 Å². The number of hydrogen-bond acceptors (Lipinski definition) is 5. The summed E-state index contributed by atoms with van der Waals surface area (Å²) in [5, 5.41) is 9.15. The second-order valence-corrected chi connectivity index (χ2v) is 6.66. The number of para-hydroxylation sites is 1. The van der Waals surface area contributed by atoms with Crippen LogP contribution in [-0.4, -0.2) is 27.8 Å². The molecule has 1 aromatic carbocycles. The van der Waals surface area contributed by atoms with Crippen molar-refractivity contribution < 1.29 is 17.6 Å². The fraction of sp³-hybridized carbons (Fsp3) is 0.429. The minimum Gasteiger partial charge on any atom is -0.493 e. The lowest BCUT2D eigenvalue weighted by Crippen LogP contribution is -2.24. The van der Waals surface area contributed by atoms with Crippen molar-refractivity contribution in [2.75, 3.05) is 19.4 Å². The van der Waals surface area contributed by atoms with E-state index in [4.69, 9.17) is 14.3 Å². The van der Waals surface area contributed by atoms with Gasteiger partial charge in [0.15, 0.2) is 11.3 Å². The molecule has 2 rings (SSSR count). The van der Waals surface area contributed by atoms with Crippen molar-refractivity contribution in [1.29, 1.82) is 0 Å². The molecular weight excluding hydrogens is 292 g/mol. The van der Waals surface area contributed by atoms with Crippen LogP contribution >= 0.6 is 0 Å². The number of rotatable bonds is 7. The van der Waals surface area contributed by atoms with E-state index in [1.165, 1.54) is 0 Å². The predicted molar refractivity (Wildman–Crippen MR) is 81.8 cm³/mol. The van der Waals surface area contributed by atoms with E-state index in [1.807, 2.05) is 31.2 Å². The van der Waals surface area contributed by atoms with Gasteiger partial charge in [-0.3, -0.25) is 0 Å². The molecule has 1 aromatic heterocycles. The Morgan fingerprint density at radius 2 is 2.19 bits per heavy atom. The zero-order valence-electron chi connectivity index (χ0n) is 12.1. The molecule has 7 heteroatoms. The first kappa shape index (κ1) is 15.8. The summed E-state index contributed by atoms with van der Waals surface area (Å²) in [6, 6.07) is 7.64. The van der Waals surface area contributed by atoms with Crippen LogP contribution in [0.1, 0.15) is 25.1 Å². The van der Waals surface area contributed by atoms with Gasteiger partial charge < -0.3 is 14.5 Å². The molecule has 116 valence electrons.